The van der Waals surface area contributed by atoms with Gasteiger partial charge < -0.3 is 4.74 Å². The third-order valence-corrected chi connectivity index (χ3v) is 2.77. The molecule has 1 aromatic carbocycles. The van der Waals surface area contributed by atoms with Gasteiger partial charge in [-0.25, -0.2) is 0 Å². The normalized spacial score (nSPS) is 10.9. The summed E-state index contributed by atoms with van der Waals surface area (Å²) in [6.45, 7) is 0. The van der Waals surface area contributed by atoms with Crippen LogP contribution in [-0.4, -0.2) is 4.98 Å². The second kappa shape index (κ2) is 5.51. The molecule has 2 rings (SSSR count). The second-order valence-corrected chi connectivity index (χ2v) is 4.67. The van der Waals surface area contributed by atoms with E-state index < -0.39 is 17.3 Å². The monoisotopic (exact) mass is 342 g/mol. The summed E-state index contributed by atoms with van der Waals surface area (Å²) in [5, 5.41) is 8.69. The molecular weight excluding hydrogens is 337 g/mol. The van der Waals surface area contributed by atoms with Gasteiger partial charge in [0.15, 0.2) is 0 Å². The first-order valence-corrected chi connectivity index (χ1v) is 6.09. The third kappa shape index (κ3) is 3.27. The van der Waals surface area contributed by atoms with Crippen LogP contribution in [0.25, 0.3) is 0 Å². The molecule has 0 N–H and O–H groups in total. The molecule has 3 nitrogen and oxygen atoms in total. The average molecular weight is 343 g/mol. The molecule has 20 heavy (non-hydrogen) atoms. The molecule has 0 bridgehead atoms. The van der Waals surface area contributed by atoms with Crippen LogP contribution in [0.2, 0.25) is 0 Å². The van der Waals surface area contributed by atoms with Crippen molar-refractivity contribution in [3.8, 4) is 17.6 Å². The molecule has 0 amide bonds. The van der Waals surface area contributed by atoms with Crippen LogP contribution in [0, 0.1) is 11.3 Å². The molecule has 102 valence electrons. The van der Waals surface area contributed by atoms with Crippen LogP contribution in [0.1, 0.15) is 11.1 Å². The van der Waals surface area contributed by atoms with Gasteiger partial charge >= 0.3 is 6.18 Å². The van der Waals surface area contributed by atoms with Gasteiger partial charge in [-0.2, -0.15) is 18.4 Å². The Labute approximate surface area is 120 Å². The summed E-state index contributed by atoms with van der Waals surface area (Å²) in [4.78, 5) is 3.84. The quantitative estimate of drug-likeness (QED) is 0.805. The van der Waals surface area contributed by atoms with E-state index in [1.807, 2.05) is 0 Å². The van der Waals surface area contributed by atoms with Gasteiger partial charge in [0.2, 0.25) is 0 Å². The second-order valence-electron chi connectivity index (χ2n) is 3.76. The summed E-state index contributed by atoms with van der Waals surface area (Å²) in [5.41, 5.74) is -1.47. The Morgan fingerprint density at radius 3 is 2.50 bits per heavy atom. The molecule has 0 aliphatic carbocycles. The zero-order valence-electron chi connectivity index (χ0n) is 9.78. The minimum atomic E-state index is -4.61. The summed E-state index contributed by atoms with van der Waals surface area (Å²) in [6.07, 6.45) is -1.72. The van der Waals surface area contributed by atoms with E-state index >= 15 is 0 Å². The lowest BCUT2D eigenvalue weighted by molar-refractivity contribution is -0.137. The number of alkyl halides is 3. The van der Waals surface area contributed by atoms with E-state index in [4.69, 9.17) is 10.00 Å². The molecule has 1 aromatic heterocycles. The topological polar surface area (TPSA) is 45.9 Å². The summed E-state index contributed by atoms with van der Waals surface area (Å²) in [6, 6.07) is 6.24. The molecule has 0 aliphatic heterocycles. The number of nitrogens with zero attached hydrogens (tertiary/aromatic N) is 2. The van der Waals surface area contributed by atoms with Crippen LogP contribution in [0.15, 0.2) is 41.1 Å². The number of nitriles is 1. The average Bonchev–Trinajstić information content (AvgIpc) is 2.37. The van der Waals surface area contributed by atoms with Crippen LogP contribution < -0.4 is 4.74 Å². The van der Waals surface area contributed by atoms with Crippen molar-refractivity contribution >= 4 is 15.9 Å². The highest BCUT2D eigenvalue weighted by Crippen LogP contribution is 2.35. The van der Waals surface area contributed by atoms with Gasteiger partial charge in [-0.15, -0.1) is 0 Å². The van der Waals surface area contributed by atoms with Gasteiger partial charge in [-0.3, -0.25) is 4.98 Å². The van der Waals surface area contributed by atoms with Crippen molar-refractivity contribution in [2.45, 2.75) is 6.18 Å². The van der Waals surface area contributed by atoms with Gasteiger partial charge in [-0.05, 0) is 40.2 Å². The van der Waals surface area contributed by atoms with Crippen molar-refractivity contribution in [1.82, 2.24) is 4.98 Å². The number of hydrogen-bond acceptors (Lipinski definition) is 3. The molecule has 0 unspecified atom stereocenters. The number of hydrogen-bond donors (Lipinski definition) is 0. The van der Waals surface area contributed by atoms with Gasteiger partial charge in [0.1, 0.15) is 11.5 Å². The molecule has 0 fully saturated rings. The standard InChI is InChI=1S/C13H6BrF3N2O/c14-9-3-11(7-19-6-9)20-10-2-1-8(5-18)12(4-10)13(15,16)17/h1-4,6-7H. The zero-order valence-corrected chi connectivity index (χ0v) is 11.4. The van der Waals surface area contributed by atoms with Crippen molar-refractivity contribution in [3.63, 3.8) is 0 Å². The lowest BCUT2D eigenvalue weighted by atomic mass is 10.1. The summed E-state index contributed by atoms with van der Waals surface area (Å²) in [5.74, 6) is 0.272. The van der Waals surface area contributed by atoms with Gasteiger partial charge in [0.05, 0.1) is 23.4 Å². The summed E-state index contributed by atoms with van der Waals surface area (Å²) in [7, 11) is 0. The first-order chi connectivity index (χ1) is 9.40. The van der Waals surface area contributed by atoms with Crippen molar-refractivity contribution < 1.29 is 17.9 Å². The molecule has 0 atom stereocenters. The number of benzene rings is 1. The maximum atomic E-state index is 12.8. The number of aromatic nitrogens is 1. The Hall–Kier alpha value is -2.07. The fourth-order valence-corrected chi connectivity index (χ4v) is 1.85. The van der Waals surface area contributed by atoms with Crippen LogP contribution in [0.5, 0.6) is 11.5 Å². The highest BCUT2D eigenvalue weighted by atomic mass is 79.9. The first kappa shape index (κ1) is 14.3. The minimum absolute atomic E-state index is 0.0174. The molecule has 1 heterocycles. The van der Waals surface area contributed by atoms with Gasteiger partial charge in [0, 0.05) is 10.7 Å². The van der Waals surface area contributed by atoms with Crippen LogP contribution in [0.3, 0.4) is 0 Å². The highest BCUT2D eigenvalue weighted by molar-refractivity contribution is 9.10. The summed E-state index contributed by atoms with van der Waals surface area (Å²) < 4.78 is 44.3. The number of pyridine rings is 1. The van der Waals surface area contributed by atoms with E-state index in [0.29, 0.717) is 4.47 Å². The van der Waals surface area contributed by atoms with E-state index in [1.54, 1.807) is 6.07 Å². The molecule has 0 aliphatic rings. The molecular formula is C13H6BrF3N2O. The lowest BCUT2D eigenvalue weighted by Gasteiger charge is -2.11. The predicted molar refractivity (Wildman–Crippen MR) is 68.2 cm³/mol. The number of halogens is 4. The molecule has 7 heteroatoms. The Morgan fingerprint density at radius 2 is 1.90 bits per heavy atom. The maximum Gasteiger partial charge on any atom is 0.417 e. The zero-order chi connectivity index (χ0) is 14.8. The highest BCUT2D eigenvalue weighted by Gasteiger charge is 2.34. The molecule has 0 radical (unpaired) electrons. The van der Waals surface area contributed by atoms with Crippen molar-refractivity contribution in [2.75, 3.05) is 0 Å². The Kier molecular flexibility index (Phi) is 3.95. The summed E-state index contributed by atoms with van der Waals surface area (Å²) >= 11 is 3.18. The maximum absolute atomic E-state index is 12.8. The van der Waals surface area contributed by atoms with Gasteiger partial charge in [0.25, 0.3) is 0 Å². The van der Waals surface area contributed by atoms with E-state index in [0.717, 1.165) is 12.1 Å². The van der Waals surface area contributed by atoms with E-state index in [-0.39, 0.29) is 11.5 Å². The largest absolute Gasteiger partial charge is 0.456 e. The molecule has 0 saturated heterocycles. The molecule has 0 saturated carbocycles. The van der Waals surface area contributed by atoms with Crippen LogP contribution in [-0.2, 0) is 6.18 Å². The van der Waals surface area contributed by atoms with E-state index in [9.17, 15) is 13.2 Å². The lowest BCUT2D eigenvalue weighted by Crippen LogP contribution is -2.07. The Morgan fingerprint density at radius 1 is 1.15 bits per heavy atom. The minimum Gasteiger partial charge on any atom is -0.456 e. The SMILES string of the molecule is N#Cc1ccc(Oc2cncc(Br)c2)cc1C(F)(F)F. The van der Waals surface area contributed by atoms with Crippen LogP contribution >= 0.6 is 15.9 Å². The third-order valence-electron chi connectivity index (χ3n) is 2.33. The Balaban J connectivity index is 2.37. The van der Waals surface area contributed by atoms with E-state index in [2.05, 4.69) is 20.9 Å². The first-order valence-electron chi connectivity index (χ1n) is 5.30. The van der Waals surface area contributed by atoms with Crippen molar-refractivity contribution in [2.24, 2.45) is 0 Å². The fourth-order valence-electron chi connectivity index (χ4n) is 1.50. The number of ether oxygens (including phenoxy) is 1. The Bertz CT molecular complexity index is 680. The smallest absolute Gasteiger partial charge is 0.417 e. The number of rotatable bonds is 2. The predicted octanol–water partition coefficient (Wildman–Crippen LogP) is 4.53. The van der Waals surface area contributed by atoms with Gasteiger partial charge in [-0.1, -0.05) is 0 Å². The van der Waals surface area contributed by atoms with Crippen LogP contribution in [0.4, 0.5) is 13.2 Å². The van der Waals surface area contributed by atoms with Crippen molar-refractivity contribution in [3.05, 3.63) is 52.3 Å². The van der Waals surface area contributed by atoms with Crippen molar-refractivity contribution in [1.29, 1.82) is 5.26 Å². The van der Waals surface area contributed by atoms with E-state index in [1.165, 1.54) is 24.5 Å². The molecule has 0 spiro atoms. The molecule has 2 aromatic rings. The fraction of sp³-hybridized carbons (Fsp3) is 0.0769.